The molecule has 0 amide bonds. The molecule has 0 atom stereocenters. The molecule has 1 aliphatic rings. The molecule has 0 aromatic heterocycles. The van der Waals surface area contributed by atoms with Gasteiger partial charge in [-0.2, -0.15) is 0 Å². The van der Waals surface area contributed by atoms with Crippen LogP contribution in [-0.4, -0.2) is 24.3 Å². The van der Waals surface area contributed by atoms with Gasteiger partial charge in [-0.15, -0.1) is 0 Å². The van der Waals surface area contributed by atoms with Crippen LogP contribution in [0.1, 0.15) is 5.56 Å². The average molecular weight is 288 g/mol. The molecule has 0 aliphatic carbocycles. The fourth-order valence-corrected chi connectivity index (χ4v) is 1.78. The number of hydrogen-bond donors (Lipinski definition) is 1. The van der Waals surface area contributed by atoms with Crippen LogP contribution in [0.25, 0.3) is 0 Å². The van der Waals surface area contributed by atoms with Gasteiger partial charge in [0.15, 0.2) is 0 Å². The van der Waals surface area contributed by atoms with Crippen LogP contribution in [0.15, 0.2) is 22.7 Å². The van der Waals surface area contributed by atoms with E-state index in [9.17, 15) is 0 Å². The lowest BCUT2D eigenvalue weighted by Crippen LogP contribution is -2.39. The molecule has 0 unspecified atom stereocenters. The van der Waals surface area contributed by atoms with Crippen LogP contribution in [0.3, 0.4) is 0 Å². The van der Waals surface area contributed by atoms with Gasteiger partial charge in [-0.1, -0.05) is 28.1 Å². The summed E-state index contributed by atoms with van der Waals surface area (Å²) in [5.41, 5.74) is 6.37. The Bertz CT molecular complexity index is 393. The van der Waals surface area contributed by atoms with E-state index in [2.05, 4.69) is 15.9 Å². The van der Waals surface area contributed by atoms with Crippen LogP contribution in [0.4, 0.5) is 0 Å². The molecule has 0 spiro atoms. The van der Waals surface area contributed by atoms with Gasteiger partial charge in [0.1, 0.15) is 16.8 Å². The van der Waals surface area contributed by atoms with E-state index in [0.29, 0.717) is 18.2 Å². The maximum absolute atomic E-state index is 5.68. The van der Waals surface area contributed by atoms with Crippen molar-refractivity contribution >= 4 is 33.1 Å². The molecule has 0 radical (unpaired) electrons. The highest BCUT2D eigenvalue weighted by molar-refractivity contribution is 9.10. The van der Waals surface area contributed by atoms with E-state index >= 15 is 0 Å². The van der Waals surface area contributed by atoms with Crippen molar-refractivity contribution in [1.82, 2.24) is 0 Å². The molecule has 1 aromatic rings. The summed E-state index contributed by atoms with van der Waals surface area (Å²) in [4.78, 5) is 0.339. The van der Waals surface area contributed by atoms with Crippen molar-refractivity contribution in [3.8, 4) is 5.75 Å². The first-order valence-corrected chi connectivity index (χ1v) is 5.70. The molecule has 1 aliphatic heterocycles. The maximum Gasteiger partial charge on any atom is 0.145 e. The SMILES string of the molecule is NC(=S)c1cc(Br)ccc1OC1COC1. The Morgan fingerprint density at radius 2 is 2.27 bits per heavy atom. The third-order valence-corrected chi connectivity index (χ3v) is 2.82. The molecule has 15 heavy (non-hydrogen) atoms. The summed E-state index contributed by atoms with van der Waals surface area (Å²) in [7, 11) is 0. The smallest absolute Gasteiger partial charge is 0.145 e. The molecular weight excluding hydrogens is 278 g/mol. The number of hydrogen-bond acceptors (Lipinski definition) is 3. The van der Waals surface area contributed by atoms with Gasteiger partial charge in [0.25, 0.3) is 0 Å². The zero-order valence-corrected chi connectivity index (χ0v) is 10.3. The zero-order valence-electron chi connectivity index (χ0n) is 7.90. The van der Waals surface area contributed by atoms with Crippen LogP contribution in [0.5, 0.6) is 5.75 Å². The third-order valence-electron chi connectivity index (χ3n) is 2.11. The van der Waals surface area contributed by atoms with Crippen LogP contribution < -0.4 is 10.5 Å². The first-order valence-electron chi connectivity index (χ1n) is 4.50. The van der Waals surface area contributed by atoms with Gasteiger partial charge in [0, 0.05) is 4.47 Å². The molecular formula is C10H10BrNO2S. The van der Waals surface area contributed by atoms with Crippen molar-refractivity contribution in [1.29, 1.82) is 0 Å². The van der Waals surface area contributed by atoms with Gasteiger partial charge < -0.3 is 15.2 Å². The molecule has 3 nitrogen and oxygen atoms in total. The highest BCUT2D eigenvalue weighted by Crippen LogP contribution is 2.25. The van der Waals surface area contributed by atoms with Gasteiger partial charge in [-0.25, -0.2) is 0 Å². The number of benzene rings is 1. The van der Waals surface area contributed by atoms with E-state index in [1.54, 1.807) is 0 Å². The van der Waals surface area contributed by atoms with E-state index in [1.807, 2.05) is 18.2 Å². The van der Waals surface area contributed by atoms with E-state index in [4.69, 9.17) is 27.4 Å². The number of ether oxygens (including phenoxy) is 2. The Morgan fingerprint density at radius 3 is 2.80 bits per heavy atom. The molecule has 1 saturated heterocycles. The molecule has 80 valence electrons. The third kappa shape index (κ3) is 2.48. The summed E-state index contributed by atoms with van der Waals surface area (Å²) < 4.78 is 11.7. The Hall–Kier alpha value is -0.650. The summed E-state index contributed by atoms with van der Waals surface area (Å²) in [6, 6.07) is 5.62. The summed E-state index contributed by atoms with van der Waals surface area (Å²) in [5.74, 6) is 0.721. The van der Waals surface area contributed by atoms with Gasteiger partial charge in [0.05, 0.1) is 18.8 Å². The van der Waals surface area contributed by atoms with Crippen molar-refractivity contribution in [2.75, 3.05) is 13.2 Å². The lowest BCUT2D eigenvalue weighted by molar-refractivity contribution is -0.0797. The summed E-state index contributed by atoms with van der Waals surface area (Å²) in [5, 5.41) is 0. The highest BCUT2D eigenvalue weighted by Gasteiger charge is 2.21. The van der Waals surface area contributed by atoms with E-state index in [1.165, 1.54) is 0 Å². The second kappa shape index (κ2) is 4.47. The molecule has 5 heteroatoms. The van der Waals surface area contributed by atoms with E-state index in [0.717, 1.165) is 15.8 Å². The molecule has 2 rings (SSSR count). The van der Waals surface area contributed by atoms with Crippen LogP contribution in [0.2, 0.25) is 0 Å². The normalized spacial score (nSPS) is 15.8. The Labute approximate surface area is 102 Å². The largest absolute Gasteiger partial charge is 0.485 e. The van der Waals surface area contributed by atoms with Gasteiger partial charge in [-0.3, -0.25) is 0 Å². The fraction of sp³-hybridized carbons (Fsp3) is 0.300. The zero-order chi connectivity index (χ0) is 10.8. The number of rotatable bonds is 3. The first-order chi connectivity index (χ1) is 7.16. The number of nitrogens with two attached hydrogens (primary N) is 1. The summed E-state index contributed by atoms with van der Waals surface area (Å²) in [6.07, 6.45) is 0.124. The van der Waals surface area contributed by atoms with Crippen LogP contribution >= 0.6 is 28.1 Å². The Balaban J connectivity index is 2.23. The molecule has 0 saturated carbocycles. The van der Waals surface area contributed by atoms with Gasteiger partial charge in [0.2, 0.25) is 0 Å². The lowest BCUT2D eigenvalue weighted by Gasteiger charge is -2.27. The minimum Gasteiger partial charge on any atom is -0.485 e. The van der Waals surface area contributed by atoms with Crippen molar-refractivity contribution in [2.24, 2.45) is 5.73 Å². The predicted octanol–water partition coefficient (Wildman–Crippen LogP) is 1.86. The van der Waals surface area contributed by atoms with Crippen LogP contribution in [-0.2, 0) is 4.74 Å². The lowest BCUT2D eigenvalue weighted by atomic mass is 10.2. The topological polar surface area (TPSA) is 44.5 Å². The van der Waals surface area contributed by atoms with Crippen LogP contribution in [0, 0.1) is 0 Å². The fourth-order valence-electron chi connectivity index (χ4n) is 1.26. The number of thiocarbonyl (C=S) groups is 1. The standard InChI is InChI=1S/C10H10BrNO2S/c11-6-1-2-9(8(3-6)10(12)15)14-7-4-13-5-7/h1-3,7H,4-5H2,(H2,12,15). The molecule has 1 heterocycles. The monoisotopic (exact) mass is 287 g/mol. The molecule has 0 bridgehead atoms. The molecule has 1 aromatic carbocycles. The van der Waals surface area contributed by atoms with Crippen molar-refractivity contribution < 1.29 is 9.47 Å². The van der Waals surface area contributed by atoms with Crippen molar-refractivity contribution in [3.05, 3.63) is 28.2 Å². The minimum atomic E-state index is 0.124. The van der Waals surface area contributed by atoms with Gasteiger partial charge >= 0.3 is 0 Å². The van der Waals surface area contributed by atoms with Gasteiger partial charge in [-0.05, 0) is 18.2 Å². The first kappa shape index (κ1) is 10.9. The minimum absolute atomic E-state index is 0.124. The molecule has 1 fully saturated rings. The predicted molar refractivity (Wildman–Crippen MR) is 65.3 cm³/mol. The Kier molecular flexibility index (Phi) is 3.23. The van der Waals surface area contributed by atoms with E-state index in [-0.39, 0.29) is 6.10 Å². The average Bonchev–Trinajstić information content (AvgIpc) is 2.12. The maximum atomic E-state index is 5.68. The quantitative estimate of drug-likeness (QED) is 0.862. The second-order valence-corrected chi connectivity index (χ2v) is 4.64. The van der Waals surface area contributed by atoms with Crippen molar-refractivity contribution in [2.45, 2.75) is 6.10 Å². The van der Waals surface area contributed by atoms with Crippen molar-refractivity contribution in [3.63, 3.8) is 0 Å². The summed E-state index contributed by atoms with van der Waals surface area (Å²) >= 11 is 8.33. The van der Waals surface area contributed by atoms with E-state index < -0.39 is 0 Å². The molecule has 2 N–H and O–H groups in total. The Morgan fingerprint density at radius 1 is 1.53 bits per heavy atom. The number of halogens is 1. The summed E-state index contributed by atoms with van der Waals surface area (Å²) in [6.45, 7) is 1.26. The second-order valence-electron chi connectivity index (χ2n) is 3.28. The highest BCUT2D eigenvalue weighted by atomic mass is 79.9.